The minimum atomic E-state index is -0.518. The highest BCUT2D eigenvalue weighted by molar-refractivity contribution is 6.36. The summed E-state index contributed by atoms with van der Waals surface area (Å²) in [5, 5.41) is 14.3. The second-order valence-electron chi connectivity index (χ2n) is 8.25. The van der Waals surface area contributed by atoms with Crippen molar-refractivity contribution in [2.45, 2.75) is 26.3 Å². The maximum atomic E-state index is 9.59. The average Bonchev–Trinajstić information content (AvgIpc) is 3.42. The zero-order chi connectivity index (χ0) is 22.5. The summed E-state index contributed by atoms with van der Waals surface area (Å²) in [5.74, 6) is 1.96. The van der Waals surface area contributed by atoms with Crippen LogP contribution in [0.2, 0.25) is 5.02 Å². The summed E-state index contributed by atoms with van der Waals surface area (Å²) < 4.78 is 7.76. The van der Waals surface area contributed by atoms with Gasteiger partial charge in [-0.05, 0) is 45.0 Å². The summed E-state index contributed by atoms with van der Waals surface area (Å²) >= 11 is 6.67. The number of benzene rings is 2. The second kappa shape index (κ2) is 7.58. The number of imidazole rings is 1. The smallest absolute Gasteiger partial charge is 0.148 e. The number of aromatic nitrogens is 6. The summed E-state index contributed by atoms with van der Waals surface area (Å²) in [6.45, 7) is 5.68. The molecule has 162 valence electrons. The Kier molecular flexibility index (Phi) is 4.83. The molecule has 5 rings (SSSR count). The van der Waals surface area contributed by atoms with Gasteiger partial charge in [-0.2, -0.15) is 5.10 Å². The van der Waals surface area contributed by atoms with Crippen molar-refractivity contribution in [1.29, 1.82) is 0 Å². The van der Waals surface area contributed by atoms with E-state index in [1.807, 2.05) is 51.2 Å². The predicted molar refractivity (Wildman–Crippen MR) is 123 cm³/mol. The number of ether oxygens (including phenoxy) is 1. The third-order valence-corrected chi connectivity index (χ3v) is 5.67. The molecular weight excluding hydrogens is 428 g/mol. The molecule has 0 bridgehead atoms. The number of nitrogens with zero attached hydrogens (tertiary/aromatic N) is 5. The number of aliphatic hydroxyl groups is 1. The highest BCUT2D eigenvalue weighted by atomic mass is 35.5. The van der Waals surface area contributed by atoms with Gasteiger partial charge in [0.15, 0.2) is 0 Å². The van der Waals surface area contributed by atoms with Gasteiger partial charge in [-0.15, -0.1) is 0 Å². The molecule has 0 saturated carbocycles. The van der Waals surface area contributed by atoms with Gasteiger partial charge in [0.2, 0.25) is 0 Å². The molecule has 0 amide bonds. The number of aryl methyl sites for hydroxylation is 1. The fourth-order valence-corrected chi connectivity index (χ4v) is 3.65. The number of halogens is 1. The monoisotopic (exact) mass is 448 g/mol. The van der Waals surface area contributed by atoms with Gasteiger partial charge in [0.1, 0.15) is 27.9 Å². The van der Waals surface area contributed by atoms with Crippen molar-refractivity contribution in [3.63, 3.8) is 0 Å². The summed E-state index contributed by atoms with van der Waals surface area (Å²) in [4.78, 5) is 16.8. The van der Waals surface area contributed by atoms with E-state index in [2.05, 4.69) is 20.1 Å². The molecule has 0 aliphatic carbocycles. The zero-order valence-corrected chi connectivity index (χ0v) is 18.6. The Morgan fingerprint density at radius 1 is 1.12 bits per heavy atom. The van der Waals surface area contributed by atoms with Crippen molar-refractivity contribution in [3.05, 3.63) is 59.8 Å². The van der Waals surface area contributed by atoms with Crippen LogP contribution < -0.4 is 4.74 Å². The minimum Gasteiger partial charge on any atom is -0.456 e. The summed E-state index contributed by atoms with van der Waals surface area (Å²) in [6, 6.07) is 9.23. The van der Waals surface area contributed by atoms with E-state index in [0.717, 1.165) is 22.4 Å². The SMILES string of the molecule is Cc1nc2ccc(Oc3ccc4ncc(-c5cnn(C(C)(C)CO)c5)nc4c3Cl)cc2[nH]1. The molecule has 0 aliphatic rings. The van der Waals surface area contributed by atoms with Gasteiger partial charge in [-0.25, -0.2) is 9.97 Å². The largest absolute Gasteiger partial charge is 0.456 e. The molecule has 2 N–H and O–H groups in total. The molecule has 0 unspecified atom stereocenters. The standard InChI is InChI=1S/C23H21ClN6O2/c1-13-27-16-5-4-15(8-18(16)28-13)32-20-7-6-17-22(21(20)24)29-19(10-25-17)14-9-26-30(11-14)23(2,3)12-31/h4-11,31H,12H2,1-3H3,(H,27,28). The van der Waals surface area contributed by atoms with Crippen LogP contribution in [0.5, 0.6) is 11.5 Å². The van der Waals surface area contributed by atoms with Crippen LogP contribution in [0.3, 0.4) is 0 Å². The quantitative estimate of drug-likeness (QED) is 0.398. The Bertz CT molecular complexity index is 1460. The highest BCUT2D eigenvalue weighted by Crippen LogP contribution is 2.35. The Balaban J connectivity index is 1.51. The van der Waals surface area contributed by atoms with E-state index in [0.29, 0.717) is 33.2 Å². The lowest BCUT2D eigenvalue weighted by molar-refractivity contribution is 0.152. The Hall–Kier alpha value is -3.49. The van der Waals surface area contributed by atoms with E-state index in [-0.39, 0.29) is 6.61 Å². The van der Waals surface area contributed by atoms with E-state index < -0.39 is 5.54 Å². The Labute approximate surface area is 188 Å². The first kappa shape index (κ1) is 20.4. The minimum absolute atomic E-state index is 0.0338. The number of rotatable bonds is 5. The second-order valence-corrected chi connectivity index (χ2v) is 8.63. The number of H-pyrrole nitrogens is 1. The molecule has 8 nitrogen and oxygen atoms in total. The van der Waals surface area contributed by atoms with Crippen molar-refractivity contribution < 1.29 is 9.84 Å². The number of fused-ring (bicyclic) bond motifs is 2. The zero-order valence-electron chi connectivity index (χ0n) is 17.8. The van der Waals surface area contributed by atoms with E-state index >= 15 is 0 Å². The maximum absolute atomic E-state index is 9.59. The highest BCUT2D eigenvalue weighted by Gasteiger charge is 2.21. The maximum Gasteiger partial charge on any atom is 0.148 e. The lowest BCUT2D eigenvalue weighted by atomic mass is 10.1. The Morgan fingerprint density at radius 3 is 2.75 bits per heavy atom. The van der Waals surface area contributed by atoms with Crippen molar-refractivity contribution in [2.24, 2.45) is 0 Å². The number of hydrogen-bond donors (Lipinski definition) is 2. The van der Waals surface area contributed by atoms with Gasteiger partial charge in [0.25, 0.3) is 0 Å². The van der Waals surface area contributed by atoms with Crippen molar-refractivity contribution in [2.75, 3.05) is 6.61 Å². The van der Waals surface area contributed by atoms with Crippen LogP contribution >= 0.6 is 11.6 Å². The molecule has 0 saturated heterocycles. The number of nitrogens with one attached hydrogen (secondary N) is 1. The molecule has 0 radical (unpaired) electrons. The fraction of sp³-hybridized carbons (Fsp3) is 0.217. The van der Waals surface area contributed by atoms with Crippen LogP contribution in [0, 0.1) is 6.92 Å². The van der Waals surface area contributed by atoms with Crippen LogP contribution in [0.4, 0.5) is 0 Å². The van der Waals surface area contributed by atoms with Crippen molar-refractivity contribution in [3.8, 4) is 22.8 Å². The van der Waals surface area contributed by atoms with E-state index in [1.165, 1.54) is 0 Å². The Morgan fingerprint density at radius 2 is 1.94 bits per heavy atom. The number of aromatic amines is 1. The van der Waals surface area contributed by atoms with Gasteiger partial charge >= 0.3 is 0 Å². The fourth-order valence-electron chi connectivity index (χ4n) is 3.41. The van der Waals surface area contributed by atoms with E-state index in [1.54, 1.807) is 23.1 Å². The molecule has 0 atom stereocenters. The normalized spacial score (nSPS) is 12.0. The van der Waals surface area contributed by atoms with Crippen molar-refractivity contribution >= 4 is 33.7 Å². The molecule has 5 aromatic rings. The molecule has 2 aromatic carbocycles. The first-order valence-corrected chi connectivity index (χ1v) is 10.5. The summed E-state index contributed by atoms with van der Waals surface area (Å²) in [5.41, 5.74) is 3.86. The van der Waals surface area contributed by atoms with Crippen LogP contribution in [0.15, 0.2) is 48.9 Å². The third kappa shape index (κ3) is 3.57. The molecule has 0 spiro atoms. The first-order chi connectivity index (χ1) is 15.3. The third-order valence-electron chi connectivity index (χ3n) is 5.30. The van der Waals surface area contributed by atoms with Crippen LogP contribution in [-0.4, -0.2) is 41.4 Å². The lowest BCUT2D eigenvalue weighted by Crippen LogP contribution is -2.30. The lowest BCUT2D eigenvalue weighted by Gasteiger charge is -2.22. The first-order valence-electron chi connectivity index (χ1n) is 10.1. The van der Waals surface area contributed by atoms with E-state index in [9.17, 15) is 5.11 Å². The van der Waals surface area contributed by atoms with Crippen LogP contribution in [0.1, 0.15) is 19.7 Å². The summed E-state index contributed by atoms with van der Waals surface area (Å²) in [6.07, 6.45) is 5.21. The topological polar surface area (TPSA) is 102 Å². The predicted octanol–water partition coefficient (Wildman–Crippen LogP) is 4.85. The molecule has 9 heteroatoms. The van der Waals surface area contributed by atoms with Gasteiger partial charge in [0.05, 0.1) is 46.8 Å². The molecule has 0 fully saturated rings. The summed E-state index contributed by atoms with van der Waals surface area (Å²) in [7, 11) is 0. The van der Waals surface area contributed by atoms with Crippen LogP contribution in [0.25, 0.3) is 33.3 Å². The average molecular weight is 449 g/mol. The molecule has 3 aromatic heterocycles. The van der Waals surface area contributed by atoms with Gasteiger partial charge in [-0.1, -0.05) is 11.6 Å². The number of aliphatic hydroxyl groups excluding tert-OH is 1. The number of hydrogen-bond acceptors (Lipinski definition) is 6. The van der Waals surface area contributed by atoms with Crippen molar-refractivity contribution in [1.82, 2.24) is 29.7 Å². The molecule has 3 heterocycles. The van der Waals surface area contributed by atoms with Gasteiger partial charge < -0.3 is 14.8 Å². The van der Waals surface area contributed by atoms with E-state index in [4.69, 9.17) is 21.3 Å². The van der Waals surface area contributed by atoms with Gasteiger partial charge in [-0.3, -0.25) is 9.67 Å². The molecule has 0 aliphatic heterocycles. The molecular formula is C23H21ClN6O2. The van der Waals surface area contributed by atoms with Crippen LogP contribution in [-0.2, 0) is 5.54 Å². The van der Waals surface area contributed by atoms with Gasteiger partial charge in [0, 0.05) is 17.8 Å². The molecule has 32 heavy (non-hydrogen) atoms.